The fourth-order valence-corrected chi connectivity index (χ4v) is 2.12. The molecule has 0 aliphatic heterocycles. The molecule has 2 rings (SSSR count). The van der Waals surface area contributed by atoms with Crippen LogP contribution in [0.5, 0.6) is 0 Å². The third-order valence-corrected chi connectivity index (χ3v) is 3.46. The molecule has 0 unspecified atom stereocenters. The van der Waals surface area contributed by atoms with Crippen molar-refractivity contribution in [3.63, 3.8) is 0 Å². The van der Waals surface area contributed by atoms with Crippen molar-refractivity contribution in [2.75, 3.05) is 0 Å². The molecule has 128 valence electrons. The van der Waals surface area contributed by atoms with Crippen LogP contribution in [0.15, 0.2) is 36.5 Å². The zero-order chi connectivity index (χ0) is 17.7. The highest BCUT2D eigenvalue weighted by Gasteiger charge is 2.27. The maximum atomic E-state index is 12.1. The van der Waals surface area contributed by atoms with Gasteiger partial charge in [0.05, 0.1) is 25.1 Å². The summed E-state index contributed by atoms with van der Waals surface area (Å²) in [4.78, 5) is 12.1. The van der Waals surface area contributed by atoms with Crippen LogP contribution >= 0.6 is 0 Å². The van der Waals surface area contributed by atoms with Crippen LogP contribution in [0.4, 0.5) is 0 Å². The van der Waals surface area contributed by atoms with Gasteiger partial charge in [0.15, 0.2) is 0 Å². The lowest BCUT2D eigenvalue weighted by Gasteiger charge is -2.17. The Morgan fingerprint density at radius 2 is 2.00 bits per heavy atom. The first-order valence-electron chi connectivity index (χ1n) is 7.58. The molecule has 0 fully saturated rings. The molecule has 1 atom stereocenters. The van der Waals surface area contributed by atoms with Gasteiger partial charge in [-0.15, -0.1) is 5.10 Å². The Bertz CT molecular complexity index is 670. The number of benzene rings is 1. The fraction of sp³-hybridized carbons (Fsp3) is 0.400. The van der Waals surface area contributed by atoms with Crippen LogP contribution in [0, 0.1) is 0 Å². The van der Waals surface area contributed by atoms with E-state index in [0.717, 1.165) is 5.56 Å². The molecule has 24 heavy (non-hydrogen) atoms. The average Bonchev–Trinajstić information content (AvgIpc) is 2.96. The Balaban J connectivity index is 1.99. The summed E-state index contributed by atoms with van der Waals surface area (Å²) in [5, 5.41) is 39.1. The summed E-state index contributed by atoms with van der Waals surface area (Å²) in [6.07, 6.45) is 1.63. The van der Waals surface area contributed by atoms with Gasteiger partial charge in [-0.3, -0.25) is 9.48 Å². The molecule has 9 heteroatoms. The van der Waals surface area contributed by atoms with Crippen molar-refractivity contribution in [3.8, 4) is 0 Å². The predicted molar refractivity (Wildman–Crippen MR) is 87.5 cm³/mol. The monoisotopic (exact) mass is 332 g/mol. The molecular weight excluding hydrogens is 311 g/mol. The zero-order valence-electron chi connectivity index (χ0n) is 13.6. The van der Waals surface area contributed by atoms with E-state index in [1.54, 1.807) is 13.8 Å². The Morgan fingerprint density at radius 1 is 1.33 bits per heavy atom. The number of carbonyl (C=O) groups is 1. The van der Waals surface area contributed by atoms with Gasteiger partial charge in [0, 0.05) is 0 Å². The van der Waals surface area contributed by atoms with Crippen molar-refractivity contribution in [2.24, 2.45) is 0 Å². The number of aromatic nitrogens is 3. The zero-order valence-corrected chi connectivity index (χ0v) is 13.6. The highest BCUT2D eigenvalue weighted by Crippen LogP contribution is 2.15. The van der Waals surface area contributed by atoms with Crippen LogP contribution in [0.1, 0.15) is 25.1 Å². The molecular formula is C15H21BN4O4. The normalized spacial score (nSPS) is 12.7. The Kier molecular flexibility index (Phi) is 5.71. The lowest BCUT2D eigenvalue weighted by Crippen LogP contribution is -2.49. The summed E-state index contributed by atoms with van der Waals surface area (Å²) < 4.78 is 1.35. The average molecular weight is 332 g/mol. The number of carbonyl (C=O) groups excluding carboxylic acids is 1. The molecule has 1 aromatic heterocycles. The second kappa shape index (κ2) is 7.56. The predicted octanol–water partition coefficient (Wildman–Crippen LogP) is -0.755. The first kappa shape index (κ1) is 18.1. The third-order valence-electron chi connectivity index (χ3n) is 3.46. The Morgan fingerprint density at radius 3 is 2.54 bits per heavy atom. The minimum Gasteiger partial charge on any atom is -0.426 e. The van der Waals surface area contributed by atoms with E-state index < -0.39 is 18.7 Å². The standard InChI is InChI=1S/C15H21BN4O4/c1-15(2,22)12-9-20(19-18-12)10-13(16(23)24)17-14(21)8-11-6-4-3-5-7-11/h3-7,9,13,22-24H,8,10H2,1-2H3,(H,17,21)/t13-/m0/s1. The molecule has 8 nitrogen and oxygen atoms in total. The quantitative estimate of drug-likeness (QED) is 0.495. The van der Waals surface area contributed by atoms with Crippen molar-refractivity contribution >= 4 is 13.0 Å². The molecule has 0 spiro atoms. The summed E-state index contributed by atoms with van der Waals surface area (Å²) in [7, 11) is -1.75. The van der Waals surface area contributed by atoms with E-state index in [-0.39, 0.29) is 18.9 Å². The van der Waals surface area contributed by atoms with Crippen molar-refractivity contribution in [3.05, 3.63) is 47.8 Å². The first-order valence-corrected chi connectivity index (χ1v) is 7.58. The largest absolute Gasteiger partial charge is 0.477 e. The van der Waals surface area contributed by atoms with Crippen molar-refractivity contribution in [1.82, 2.24) is 20.3 Å². The van der Waals surface area contributed by atoms with Gasteiger partial charge in [0.1, 0.15) is 11.3 Å². The van der Waals surface area contributed by atoms with Crippen molar-refractivity contribution in [2.45, 2.75) is 38.4 Å². The number of nitrogens with zero attached hydrogens (tertiary/aromatic N) is 3. The van der Waals surface area contributed by atoms with Crippen LogP contribution < -0.4 is 5.32 Å². The summed E-state index contributed by atoms with van der Waals surface area (Å²) in [5.74, 6) is -1.28. The molecule has 0 saturated carbocycles. The Labute approximate surface area is 140 Å². The van der Waals surface area contributed by atoms with E-state index in [0.29, 0.717) is 5.69 Å². The summed E-state index contributed by atoms with van der Waals surface area (Å²) >= 11 is 0. The number of aliphatic hydroxyl groups is 1. The molecule has 1 amide bonds. The van der Waals surface area contributed by atoms with E-state index in [1.807, 2.05) is 30.3 Å². The van der Waals surface area contributed by atoms with Crippen LogP contribution in [-0.2, 0) is 23.4 Å². The number of hydrogen-bond donors (Lipinski definition) is 4. The topological polar surface area (TPSA) is 120 Å². The van der Waals surface area contributed by atoms with E-state index >= 15 is 0 Å². The minimum atomic E-state index is -1.75. The molecule has 4 N–H and O–H groups in total. The SMILES string of the molecule is CC(C)(O)c1cn(C[C@H](NC(=O)Cc2ccccc2)B(O)O)nn1. The first-order chi connectivity index (χ1) is 11.3. The highest BCUT2D eigenvalue weighted by atomic mass is 16.4. The van der Waals surface area contributed by atoms with Crippen LogP contribution in [-0.4, -0.2) is 49.1 Å². The molecule has 1 aromatic carbocycles. The van der Waals surface area contributed by atoms with Crippen LogP contribution in [0.3, 0.4) is 0 Å². The fourth-order valence-electron chi connectivity index (χ4n) is 2.12. The summed E-state index contributed by atoms with van der Waals surface area (Å²) in [5.41, 5.74) is 0.0258. The molecule has 0 saturated heterocycles. The molecule has 0 aliphatic rings. The third kappa shape index (κ3) is 5.15. The van der Waals surface area contributed by atoms with Crippen LogP contribution in [0.2, 0.25) is 0 Å². The van der Waals surface area contributed by atoms with E-state index in [2.05, 4.69) is 15.6 Å². The van der Waals surface area contributed by atoms with Gasteiger partial charge in [0.25, 0.3) is 0 Å². The molecule has 2 aromatic rings. The number of amides is 1. The van der Waals surface area contributed by atoms with Gasteiger partial charge in [-0.2, -0.15) is 0 Å². The molecule has 1 heterocycles. The maximum Gasteiger partial charge on any atom is 0.477 e. The maximum absolute atomic E-state index is 12.1. The van der Waals surface area contributed by atoms with Gasteiger partial charge < -0.3 is 20.5 Å². The van der Waals surface area contributed by atoms with Gasteiger partial charge >= 0.3 is 7.12 Å². The lowest BCUT2D eigenvalue weighted by molar-refractivity contribution is -0.120. The van der Waals surface area contributed by atoms with Gasteiger partial charge in [-0.05, 0) is 19.4 Å². The van der Waals surface area contributed by atoms with E-state index in [4.69, 9.17) is 0 Å². The van der Waals surface area contributed by atoms with E-state index in [1.165, 1.54) is 10.9 Å². The summed E-state index contributed by atoms with van der Waals surface area (Å²) in [6, 6.07) is 9.14. The van der Waals surface area contributed by atoms with E-state index in [9.17, 15) is 19.9 Å². The lowest BCUT2D eigenvalue weighted by atomic mass is 9.79. The van der Waals surface area contributed by atoms with Gasteiger partial charge in [0.2, 0.25) is 5.91 Å². The second-order valence-corrected chi connectivity index (χ2v) is 6.13. The van der Waals surface area contributed by atoms with Gasteiger partial charge in [-0.1, -0.05) is 35.5 Å². The van der Waals surface area contributed by atoms with Gasteiger partial charge in [-0.25, -0.2) is 0 Å². The summed E-state index contributed by atoms with van der Waals surface area (Å²) in [6.45, 7) is 3.16. The number of rotatable bonds is 7. The Hall–Kier alpha value is -2.23. The van der Waals surface area contributed by atoms with Crippen molar-refractivity contribution in [1.29, 1.82) is 0 Å². The smallest absolute Gasteiger partial charge is 0.426 e. The minimum absolute atomic E-state index is 0.0152. The molecule has 0 aliphatic carbocycles. The molecule has 0 bridgehead atoms. The number of hydrogen-bond acceptors (Lipinski definition) is 6. The highest BCUT2D eigenvalue weighted by molar-refractivity contribution is 6.43. The van der Waals surface area contributed by atoms with Crippen LogP contribution in [0.25, 0.3) is 0 Å². The van der Waals surface area contributed by atoms with Crippen molar-refractivity contribution < 1.29 is 19.9 Å². The molecule has 0 radical (unpaired) electrons. The number of nitrogens with one attached hydrogen (secondary N) is 1. The second-order valence-electron chi connectivity index (χ2n) is 6.13.